The van der Waals surface area contributed by atoms with Gasteiger partial charge in [0.25, 0.3) is 5.91 Å². The van der Waals surface area contributed by atoms with Gasteiger partial charge in [-0.25, -0.2) is 0 Å². The highest BCUT2D eigenvalue weighted by Gasteiger charge is 2.63. The van der Waals surface area contributed by atoms with Crippen LogP contribution < -0.4 is 10.6 Å². The van der Waals surface area contributed by atoms with Crippen LogP contribution in [0.3, 0.4) is 0 Å². The molecule has 0 aromatic heterocycles. The molecule has 5 nitrogen and oxygen atoms in total. The average Bonchev–Trinajstić information content (AvgIpc) is 2.11. The van der Waals surface area contributed by atoms with Crippen molar-refractivity contribution in [1.29, 1.82) is 0 Å². The minimum absolute atomic E-state index is 0.0168. The predicted octanol–water partition coefficient (Wildman–Crippen LogP) is -0.102. The summed E-state index contributed by atoms with van der Waals surface area (Å²) in [5.41, 5.74) is -3.84. The first-order valence-corrected chi connectivity index (χ1v) is 5.00. The van der Waals surface area contributed by atoms with E-state index in [2.05, 4.69) is 0 Å². The van der Waals surface area contributed by atoms with Crippen molar-refractivity contribution in [1.82, 2.24) is 10.6 Å². The van der Waals surface area contributed by atoms with Crippen LogP contribution in [-0.2, 0) is 9.59 Å². The van der Waals surface area contributed by atoms with Crippen LogP contribution in [0.2, 0.25) is 0 Å². The Kier molecular flexibility index (Phi) is 3.37. The molecule has 1 fully saturated rings. The van der Waals surface area contributed by atoms with Gasteiger partial charge in [-0.05, 0) is 12.3 Å². The van der Waals surface area contributed by atoms with E-state index in [1.165, 1.54) is 5.32 Å². The molecule has 8 heteroatoms. The van der Waals surface area contributed by atoms with E-state index in [0.29, 0.717) is 0 Å². The molecule has 0 saturated carbocycles. The van der Waals surface area contributed by atoms with Crippen molar-refractivity contribution in [2.24, 2.45) is 5.92 Å². The second-order valence-corrected chi connectivity index (χ2v) is 4.35. The highest BCUT2D eigenvalue weighted by molar-refractivity contribution is 5.99. The van der Waals surface area contributed by atoms with Crippen molar-refractivity contribution in [3.8, 4) is 0 Å². The summed E-state index contributed by atoms with van der Waals surface area (Å²) < 4.78 is 37.2. The predicted molar refractivity (Wildman–Crippen MR) is 50.5 cm³/mol. The van der Waals surface area contributed by atoms with Crippen LogP contribution in [0.15, 0.2) is 0 Å². The van der Waals surface area contributed by atoms with Gasteiger partial charge in [-0.2, -0.15) is 13.2 Å². The summed E-state index contributed by atoms with van der Waals surface area (Å²) in [6, 6.07) is -1.05. The molecule has 0 bridgehead atoms. The van der Waals surface area contributed by atoms with E-state index in [9.17, 15) is 22.8 Å². The van der Waals surface area contributed by atoms with Crippen molar-refractivity contribution in [3.05, 3.63) is 0 Å². The molecule has 98 valence electrons. The van der Waals surface area contributed by atoms with Crippen molar-refractivity contribution in [2.75, 3.05) is 0 Å². The fourth-order valence-electron chi connectivity index (χ4n) is 1.49. The first-order valence-electron chi connectivity index (χ1n) is 5.00. The molecule has 2 amide bonds. The molecule has 0 spiro atoms. The first-order chi connectivity index (χ1) is 7.58. The average molecular weight is 254 g/mol. The third-order valence-corrected chi connectivity index (χ3v) is 2.37. The van der Waals surface area contributed by atoms with Crippen LogP contribution in [0.4, 0.5) is 13.2 Å². The van der Waals surface area contributed by atoms with E-state index in [1.807, 2.05) is 5.32 Å². The maximum absolute atomic E-state index is 12.4. The smallest absolute Gasteiger partial charge is 0.356 e. The number of hydrogen-bond donors (Lipinski definition) is 3. The van der Waals surface area contributed by atoms with E-state index in [-0.39, 0.29) is 12.3 Å². The quantitative estimate of drug-likeness (QED) is 0.643. The number of carbonyl (C=O) groups excluding carboxylic acids is 2. The number of piperazine rings is 1. The zero-order valence-electron chi connectivity index (χ0n) is 9.26. The summed E-state index contributed by atoms with van der Waals surface area (Å²) >= 11 is 0. The van der Waals surface area contributed by atoms with Crippen molar-refractivity contribution in [2.45, 2.75) is 38.2 Å². The molecule has 1 saturated heterocycles. The normalized spacial score (nSPS) is 30.2. The second kappa shape index (κ2) is 4.17. The Bertz CT molecular complexity index is 343. The Labute approximate surface area is 95.4 Å². The molecule has 0 aromatic carbocycles. The lowest BCUT2D eigenvalue weighted by Crippen LogP contribution is -2.75. The molecule has 1 aliphatic heterocycles. The number of alkyl halides is 3. The summed E-state index contributed by atoms with van der Waals surface area (Å²) in [5.74, 6) is -2.68. The van der Waals surface area contributed by atoms with E-state index in [4.69, 9.17) is 5.11 Å². The Balaban J connectivity index is 2.88. The minimum Gasteiger partial charge on any atom is -0.356 e. The van der Waals surface area contributed by atoms with Gasteiger partial charge in [0.2, 0.25) is 5.91 Å². The summed E-state index contributed by atoms with van der Waals surface area (Å²) in [5, 5.41) is 12.3. The zero-order valence-corrected chi connectivity index (χ0v) is 9.26. The van der Waals surface area contributed by atoms with Gasteiger partial charge in [-0.15, -0.1) is 0 Å². The van der Waals surface area contributed by atoms with Crippen LogP contribution in [0.5, 0.6) is 0 Å². The standard InChI is InChI=1S/C9H13F3N2O3/c1-4(2)3-5-6(15)14-8(17,7(16)13-5)9(10,11)12/h4-5,17H,3H2,1-2H3,(H,13,16)(H,14,15). The molecule has 1 heterocycles. The van der Waals surface area contributed by atoms with Crippen LogP contribution in [0, 0.1) is 5.92 Å². The minimum atomic E-state index is -5.25. The van der Waals surface area contributed by atoms with Crippen LogP contribution in [-0.4, -0.2) is 34.9 Å². The SMILES string of the molecule is CC(C)CC1NC(=O)C(O)(C(F)(F)F)NC1=O. The lowest BCUT2D eigenvalue weighted by molar-refractivity contribution is -0.264. The second-order valence-electron chi connectivity index (χ2n) is 4.35. The number of amides is 2. The molecular weight excluding hydrogens is 241 g/mol. The first kappa shape index (κ1) is 13.8. The summed E-state index contributed by atoms with van der Waals surface area (Å²) in [7, 11) is 0. The van der Waals surface area contributed by atoms with Gasteiger partial charge >= 0.3 is 11.9 Å². The van der Waals surface area contributed by atoms with Gasteiger partial charge in [0.1, 0.15) is 6.04 Å². The molecule has 0 radical (unpaired) electrons. The molecule has 0 aromatic rings. The number of aliphatic hydroxyl groups is 1. The number of hydrogen-bond acceptors (Lipinski definition) is 3. The zero-order chi connectivity index (χ0) is 13.4. The summed E-state index contributed by atoms with van der Waals surface area (Å²) in [6.45, 7) is 3.51. The molecule has 2 atom stereocenters. The molecule has 2 unspecified atom stereocenters. The van der Waals surface area contributed by atoms with Crippen molar-refractivity contribution < 1.29 is 27.9 Å². The van der Waals surface area contributed by atoms with Crippen LogP contribution in [0.25, 0.3) is 0 Å². The lowest BCUT2D eigenvalue weighted by Gasteiger charge is -2.37. The van der Waals surface area contributed by atoms with E-state index >= 15 is 0 Å². The maximum Gasteiger partial charge on any atom is 0.446 e. The Morgan fingerprint density at radius 1 is 1.41 bits per heavy atom. The van der Waals surface area contributed by atoms with Crippen LogP contribution >= 0.6 is 0 Å². The third-order valence-electron chi connectivity index (χ3n) is 2.37. The van der Waals surface area contributed by atoms with Crippen molar-refractivity contribution in [3.63, 3.8) is 0 Å². The summed E-state index contributed by atoms with van der Waals surface area (Å²) in [6.07, 6.45) is -5.05. The number of halogens is 3. The molecule has 1 aliphatic rings. The van der Waals surface area contributed by atoms with Gasteiger partial charge in [-0.3, -0.25) is 9.59 Å². The van der Waals surface area contributed by atoms with Crippen molar-refractivity contribution >= 4 is 11.8 Å². The summed E-state index contributed by atoms with van der Waals surface area (Å²) in [4.78, 5) is 22.6. The van der Waals surface area contributed by atoms with Gasteiger partial charge in [0.15, 0.2) is 0 Å². The fourth-order valence-corrected chi connectivity index (χ4v) is 1.49. The van der Waals surface area contributed by atoms with Gasteiger partial charge in [-0.1, -0.05) is 13.8 Å². The molecule has 3 N–H and O–H groups in total. The Morgan fingerprint density at radius 3 is 2.35 bits per heavy atom. The Morgan fingerprint density at radius 2 is 1.94 bits per heavy atom. The Hall–Kier alpha value is -1.31. The van der Waals surface area contributed by atoms with Gasteiger partial charge in [0.05, 0.1) is 0 Å². The van der Waals surface area contributed by atoms with E-state index < -0.39 is 29.8 Å². The highest BCUT2D eigenvalue weighted by Crippen LogP contribution is 2.30. The molecule has 1 rings (SSSR count). The van der Waals surface area contributed by atoms with E-state index in [0.717, 1.165) is 0 Å². The van der Waals surface area contributed by atoms with Gasteiger partial charge < -0.3 is 15.7 Å². The number of nitrogens with one attached hydrogen (secondary N) is 2. The third kappa shape index (κ3) is 2.51. The molecule has 17 heavy (non-hydrogen) atoms. The fraction of sp³-hybridized carbons (Fsp3) is 0.778. The monoisotopic (exact) mass is 254 g/mol. The number of rotatable bonds is 2. The maximum atomic E-state index is 12.4. The number of carbonyl (C=O) groups is 2. The largest absolute Gasteiger partial charge is 0.446 e. The highest BCUT2D eigenvalue weighted by atomic mass is 19.4. The van der Waals surface area contributed by atoms with E-state index in [1.54, 1.807) is 13.8 Å². The molecular formula is C9H13F3N2O3. The topological polar surface area (TPSA) is 78.4 Å². The lowest BCUT2D eigenvalue weighted by atomic mass is 9.98. The van der Waals surface area contributed by atoms with Gasteiger partial charge in [0, 0.05) is 0 Å². The molecule has 0 aliphatic carbocycles. The van der Waals surface area contributed by atoms with Crippen LogP contribution in [0.1, 0.15) is 20.3 Å².